The number of carbonyl (C=O) groups is 1. The maximum atomic E-state index is 12.8. The molecule has 38 heavy (non-hydrogen) atoms. The number of aryl methyl sites for hydroxylation is 1. The van der Waals surface area contributed by atoms with E-state index in [4.69, 9.17) is 5.73 Å². The molecule has 0 saturated carbocycles. The van der Waals surface area contributed by atoms with Crippen LogP contribution in [0.25, 0.3) is 11.1 Å². The van der Waals surface area contributed by atoms with Crippen molar-refractivity contribution in [3.05, 3.63) is 64.9 Å². The molecule has 1 fully saturated rings. The minimum absolute atomic E-state index is 0.131. The molecule has 0 amide bonds. The number of aliphatic hydroxyl groups is 1. The van der Waals surface area contributed by atoms with Crippen LogP contribution in [0.3, 0.4) is 0 Å². The number of Topliss-reactive ketones (excluding diaryl/α,β-unsaturated/α-hetero) is 1. The van der Waals surface area contributed by atoms with Crippen molar-refractivity contribution < 1.29 is 9.90 Å². The Balaban J connectivity index is 1.49. The van der Waals surface area contributed by atoms with E-state index in [1.807, 2.05) is 17.9 Å². The van der Waals surface area contributed by atoms with Crippen LogP contribution in [0, 0.1) is 29.6 Å². The highest BCUT2D eigenvalue weighted by molar-refractivity contribution is 5.95. The number of nitrogens with two attached hydrogens (primary N) is 1. The summed E-state index contributed by atoms with van der Waals surface area (Å²) in [5, 5.41) is 37.0. The second-order valence-electron chi connectivity index (χ2n) is 10.6. The summed E-state index contributed by atoms with van der Waals surface area (Å²) in [6, 6.07) is 9.24. The van der Waals surface area contributed by atoms with Gasteiger partial charge in [-0.25, -0.2) is 4.98 Å². The normalized spacial score (nSPS) is 15.2. The van der Waals surface area contributed by atoms with E-state index in [2.05, 4.69) is 32.3 Å². The zero-order valence-electron chi connectivity index (χ0n) is 21.9. The lowest BCUT2D eigenvalue weighted by Gasteiger charge is -2.45. The molecule has 1 aliphatic heterocycles. The predicted octanol–water partition coefficient (Wildman–Crippen LogP) is 3.15. The van der Waals surface area contributed by atoms with Gasteiger partial charge >= 0.3 is 0 Å². The third-order valence-electron chi connectivity index (χ3n) is 6.78. The van der Waals surface area contributed by atoms with Crippen molar-refractivity contribution in [3.63, 3.8) is 0 Å². The van der Waals surface area contributed by atoms with Crippen LogP contribution in [-0.2, 0) is 5.41 Å². The second kappa shape index (κ2) is 10.3. The molecule has 1 unspecified atom stereocenters. The molecule has 1 atom stereocenters. The molecule has 4 heterocycles. The van der Waals surface area contributed by atoms with E-state index in [9.17, 15) is 20.4 Å². The average molecular weight is 511 g/mol. The molecule has 4 rings (SSSR count). The van der Waals surface area contributed by atoms with Crippen molar-refractivity contribution >= 4 is 11.6 Å². The molecule has 1 saturated heterocycles. The molecule has 10 nitrogen and oxygen atoms in total. The zero-order valence-corrected chi connectivity index (χ0v) is 21.9. The van der Waals surface area contributed by atoms with E-state index in [0.29, 0.717) is 42.1 Å². The topological polar surface area (TPSA) is 166 Å². The molecule has 194 valence electrons. The van der Waals surface area contributed by atoms with Crippen molar-refractivity contribution in [1.82, 2.24) is 20.2 Å². The summed E-state index contributed by atoms with van der Waals surface area (Å²) in [5.41, 5.74) is 9.15. The largest absolute Gasteiger partial charge is 0.386 e. The van der Waals surface area contributed by atoms with Gasteiger partial charge in [0.25, 0.3) is 0 Å². The van der Waals surface area contributed by atoms with Crippen LogP contribution in [0.2, 0.25) is 0 Å². The Bertz CT molecular complexity index is 1460. The van der Waals surface area contributed by atoms with Crippen molar-refractivity contribution in [1.29, 1.82) is 10.5 Å². The summed E-state index contributed by atoms with van der Waals surface area (Å²) in [6.07, 6.45) is 5.38. The number of nitrogens with zero attached hydrogens (tertiary/aromatic N) is 7. The summed E-state index contributed by atoms with van der Waals surface area (Å²) >= 11 is 0. The molecular weight excluding hydrogens is 480 g/mol. The lowest BCUT2D eigenvalue weighted by atomic mass is 9.90. The minimum Gasteiger partial charge on any atom is -0.386 e. The van der Waals surface area contributed by atoms with Crippen LogP contribution in [0.15, 0.2) is 36.8 Å². The standard InChI is InChI=1S/C28H30N8O2/c1-17-22(19-7-18(10-29)26(33-11-19)36-15-28(4,38)16-36)8-20(12-32-17)23(31)5-6-24(37)21-9-25(35-34-13-21)27(2,3)14-30/h7-9,11-13,23,38H,5-6,15-16,31H2,1-4H3. The summed E-state index contributed by atoms with van der Waals surface area (Å²) in [7, 11) is 0. The van der Waals surface area contributed by atoms with E-state index in [-0.39, 0.29) is 12.2 Å². The Morgan fingerprint density at radius 1 is 1.21 bits per heavy atom. The summed E-state index contributed by atoms with van der Waals surface area (Å²) in [6.45, 7) is 7.91. The average Bonchev–Trinajstić information content (AvgIpc) is 2.90. The summed E-state index contributed by atoms with van der Waals surface area (Å²) in [5.74, 6) is 0.417. The van der Waals surface area contributed by atoms with Gasteiger partial charge in [-0.2, -0.15) is 20.7 Å². The van der Waals surface area contributed by atoms with Gasteiger partial charge in [0.15, 0.2) is 5.78 Å². The number of nitriles is 2. The van der Waals surface area contributed by atoms with Crippen molar-refractivity contribution in [2.24, 2.45) is 5.73 Å². The molecule has 0 aliphatic carbocycles. The number of pyridine rings is 2. The van der Waals surface area contributed by atoms with E-state index in [1.165, 1.54) is 6.20 Å². The minimum atomic E-state index is -0.850. The molecular formula is C28H30N8O2. The van der Waals surface area contributed by atoms with Gasteiger partial charge in [0.05, 0.1) is 34.5 Å². The lowest BCUT2D eigenvalue weighted by molar-refractivity contribution is 0.0305. The molecule has 0 spiro atoms. The Hall–Kier alpha value is -4.25. The van der Waals surface area contributed by atoms with Gasteiger partial charge in [0, 0.05) is 60.3 Å². The molecule has 3 aromatic rings. The van der Waals surface area contributed by atoms with Gasteiger partial charge in [0.2, 0.25) is 0 Å². The monoisotopic (exact) mass is 510 g/mol. The van der Waals surface area contributed by atoms with Gasteiger partial charge in [-0.15, -0.1) is 0 Å². The molecule has 3 aromatic heterocycles. The fraction of sp³-hybridized carbons (Fsp3) is 0.393. The van der Waals surface area contributed by atoms with E-state index < -0.39 is 17.1 Å². The van der Waals surface area contributed by atoms with Gasteiger partial charge in [-0.05, 0) is 57.9 Å². The summed E-state index contributed by atoms with van der Waals surface area (Å²) in [4.78, 5) is 23.7. The SMILES string of the molecule is Cc1ncc(C(N)CCC(=O)c2cnnc(C(C)(C)C#N)c2)cc1-c1cnc(N2CC(C)(O)C2)c(C#N)c1. The molecule has 3 N–H and O–H groups in total. The van der Waals surface area contributed by atoms with Crippen molar-refractivity contribution in [2.75, 3.05) is 18.0 Å². The van der Waals surface area contributed by atoms with E-state index in [1.54, 1.807) is 45.3 Å². The van der Waals surface area contributed by atoms with E-state index in [0.717, 1.165) is 22.4 Å². The van der Waals surface area contributed by atoms with Crippen LogP contribution in [0.4, 0.5) is 5.82 Å². The molecule has 0 aromatic carbocycles. The molecule has 0 bridgehead atoms. The Labute approximate surface area is 221 Å². The highest BCUT2D eigenvalue weighted by Crippen LogP contribution is 2.32. The number of aromatic nitrogens is 4. The van der Waals surface area contributed by atoms with Crippen LogP contribution < -0.4 is 10.6 Å². The van der Waals surface area contributed by atoms with Crippen molar-refractivity contribution in [3.8, 4) is 23.3 Å². The lowest BCUT2D eigenvalue weighted by Crippen LogP contribution is -2.60. The molecule has 1 aliphatic rings. The van der Waals surface area contributed by atoms with Crippen molar-refractivity contribution in [2.45, 2.75) is 57.6 Å². The first-order valence-electron chi connectivity index (χ1n) is 12.3. The van der Waals surface area contributed by atoms with Crippen LogP contribution in [0.1, 0.15) is 72.5 Å². The first-order valence-corrected chi connectivity index (χ1v) is 12.3. The maximum Gasteiger partial charge on any atom is 0.164 e. The fourth-order valence-corrected chi connectivity index (χ4v) is 4.39. The quantitative estimate of drug-likeness (QED) is 0.430. The number of anilines is 1. The zero-order chi connectivity index (χ0) is 27.7. The third kappa shape index (κ3) is 5.52. The van der Waals surface area contributed by atoms with E-state index >= 15 is 0 Å². The van der Waals surface area contributed by atoms with Crippen LogP contribution >= 0.6 is 0 Å². The third-order valence-corrected chi connectivity index (χ3v) is 6.78. The summed E-state index contributed by atoms with van der Waals surface area (Å²) < 4.78 is 0. The first kappa shape index (κ1) is 26.8. The highest BCUT2D eigenvalue weighted by atomic mass is 16.3. The highest BCUT2D eigenvalue weighted by Gasteiger charge is 2.38. The number of ketones is 1. The number of rotatable bonds is 8. The Morgan fingerprint density at radius 3 is 2.61 bits per heavy atom. The number of hydrogen-bond acceptors (Lipinski definition) is 10. The van der Waals surface area contributed by atoms with Gasteiger partial charge in [-0.3, -0.25) is 9.78 Å². The van der Waals surface area contributed by atoms with Crippen LogP contribution in [-0.4, -0.2) is 49.7 Å². The first-order chi connectivity index (χ1) is 17.9. The second-order valence-corrected chi connectivity index (χ2v) is 10.6. The number of β-amino-alcohol motifs (C(OH)–C–C–N with tert-alkyl or cyclic N) is 1. The predicted molar refractivity (Wildman–Crippen MR) is 141 cm³/mol. The smallest absolute Gasteiger partial charge is 0.164 e. The molecule has 10 heteroatoms. The Morgan fingerprint density at radius 2 is 1.95 bits per heavy atom. The maximum absolute atomic E-state index is 12.8. The molecule has 0 radical (unpaired) electrons. The number of carbonyl (C=O) groups excluding carboxylic acids is 1. The van der Waals surface area contributed by atoms with Gasteiger partial charge < -0.3 is 15.7 Å². The van der Waals surface area contributed by atoms with Crippen LogP contribution in [0.5, 0.6) is 0 Å². The number of hydrogen-bond donors (Lipinski definition) is 2. The van der Waals surface area contributed by atoms with Gasteiger partial charge in [-0.1, -0.05) is 0 Å². The van der Waals surface area contributed by atoms with Gasteiger partial charge in [0.1, 0.15) is 11.9 Å². The fourth-order valence-electron chi connectivity index (χ4n) is 4.39. The Kier molecular flexibility index (Phi) is 7.23.